The van der Waals surface area contributed by atoms with E-state index in [1.165, 1.54) is 37.1 Å². The van der Waals surface area contributed by atoms with Gasteiger partial charge in [-0.1, -0.05) is 18.5 Å². The van der Waals surface area contributed by atoms with Gasteiger partial charge in [0.1, 0.15) is 0 Å². The van der Waals surface area contributed by atoms with Crippen LogP contribution < -0.4 is 5.32 Å². The van der Waals surface area contributed by atoms with Gasteiger partial charge in [0, 0.05) is 10.9 Å². The van der Waals surface area contributed by atoms with E-state index in [2.05, 4.69) is 18.3 Å². The molecule has 1 aliphatic rings. The Kier molecular flexibility index (Phi) is 4.06. The van der Waals surface area contributed by atoms with Crippen LogP contribution in [0.2, 0.25) is 4.34 Å². The van der Waals surface area contributed by atoms with E-state index in [0.717, 1.165) is 16.3 Å². The van der Waals surface area contributed by atoms with Gasteiger partial charge in [-0.3, -0.25) is 0 Å². The molecule has 1 nitrogen and oxygen atoms in total. The number of aryl methyl sites for hydroxylation is 1. The second-order valence-electron chi connectivity index (χ2n) is 4.53. The summed E-state index contributed by atoms with van der Waals surface area (Å²) >= 11 is 7.62. The van der Waals surface area contributed by atoms with E-state index < -0.39 is 0 Å². The Labute approximate surface area is 101 Å². The minimum absolute atomic E-state index is 0.717. The quantitative estimate of drug-likeness (QED) is 0.853. The van der Waals surface area contributed by atoms with Crippen molar-refractivity contribution < 1.29 is 0 Å². The second-order valence-corrected chi connectivity index (χ2v) is 6.32. The van der Waals surface area contributed by atoms with E-state index >= 15 is 0 Å². The van der Waals surface area contributed by atoms with Crippen molar-refractivity contribution in [2.45, 2.75) is 38.6 Å². The first-order chi connectivity index (χ1) is 7.24. The summed E-state index contributed by atoms with van der Waals surface area (Å²) in [6.07, 6.45) is 5.09. The first-order valence-electron chi connectivity index (χ1n) is 5.71. The van der Waals surface area contributed by atoms with Gasteiger partial charge < -0.3 is 5.32 Å². The van der Waals surface area contributed by atoms with Gasteiger partial charge in [-0.05, 0) is 50.3 Å². The van der Waals surface area contributed by atoms with E-state index in [1.807, 2.05) is 6.07 Å². The van der Waals surface area contributed by atoms with Crippen LogP contribution in [0.5, 0.6) is 0 Å². The largest absolute Gasteiger partial charge is 0.314 e. The third kappa shape index (κ3) is 3.47. The van der Waals surface area contributed by atoms with Crippen molar-refractivity contribution in [3.63, 3.8) is 0 Å². The van der Waals surface area contributed by atoms with Gasteiger partial charge in [-0.15, -0.1) is 11.3 Å². The maximum Gasteiger partial charge on any atom is 0.0931 e. The molecule has 0 aliphatic carbocycles. The summed E-state index contributed by atoms with van der Waals surface area (Å²) in [4.78, 5) is 1.42. The Morgan fingerprint density at radius 1 is 1.53 bits per heavy atom. The Morgan fingerprint density at radius 2 is 2.40 bits per heavy atom. The number of thiophene rings is 1. The van der Waals surface area contributed by atoms with Crippen LogP contribution in [-0.2, 0) is 6.42 Å². The molecule has 0 spiro atoms. The third-order valence-electron chi connectivity index (χ3n) is 3.13. The van der Waals surface area contributed by atoms with Gasteiger partial charge in [0.05, 0.1) is 4.34 Å². The van der Waals surface area contributed by atoms with E-state index in [9.17, 15) is 0 Å². The van der Waals surface area contributed by atoms with E-state index in [0.29, 0.717) is 0 Å². The van der Waals surface area contributed by atoms with Crippen molar-refractivity contribution in [2.24, 2.45) is 5.92 Å². The topological polar surface area (TPSA) is 12.0 Å². The SMILES string of the molecule is CC1CCNC(CCc2ccc(Cl)s2)C1. The number of piperidine rings is 1. The second kappa shape index (κ2) is 5.33. The summed E-state index contributed by atoms with van der Waals surface area (Å²) in [5, 5.41) is 3.60. The van der Waals surface area contributed by atoms with Crippen LogP contribution in [0.4, 0.5) is 0 Å². The molecule has 1 N–H and O–H groups in total. The monoisotopic (exact) mass is 243 g/mol. The highest BCUT2D eigenvalue weighted by atomic mass is 35.5. The minimum Gasteiger partial charge on any atom is -0.314 e. The van der Waals surface area contributed by atoms with Gasteiger partial charge in [0.2, 0.25) is 0 Å². The van der Waals surface area contributed by atoms with E-state index in [4.69, 9.17) is 11.6 Å². The number of hydrogen-bond acceptors (Lipinski definition) is 2. The average Bonchev–Trinajstić information content (AvgIpc) is 2.62. The molecular weight excluding hydrogens is 226 g/mol. The average molecular weight is 244 g/mol. The summed E-state index contributed by atoms with van der Waals surface area (Å²) in [5.74, 6) is 0.892. The molecule has 0 amide bonds. The van der Waals surface area contributed by atoms with Crippen LogP contribution in [0, 0.1) is 5.92 Å². The van der Waals surface area contributed by atoms with Crippen LogP contribution in [0.25, 0.3) is 0 Å². The fourth-order valence-electron chi connectivity index (χ4n) is 2.24. The van der Waals surface area contributed by atoms with Crippen LogP contribution in [0.15, 0.2) is 12.1 Å². The zero-order valence-corrected chi connectivity index (χ0v) is 10.7. The highest BCUT2D eigenvalue weighted by Crippen LogP contribution is 2.24. The van der Waals surface area contributed by atoms with Crippen LogP contribution in [0.1, 0.15) is 31.1 Å². The number of nitrogens with one attached hydrogen (secondary N) is 1. The van der Waals surface area contributed by atoms with Crippen molar-refractivity contribution in [3.05, 3.63) is 21.3 Å². The van der Waals surface area contributed by atoms with Crippen molar-refractivity contribution in [1.29, 1.82) is 0 Å². The summed E-state index contributed by atoms with van der Waals surface area (Å²) in [6.45, 7) is 3.55. The van der Waals surface area contributed by atoms with Crippen LogP contribution in [-0.4, -0.2) is 12.6 Å². The Balaban J connectivity index is 1.77. The Hall–Kier alpha value is -0.0500. The van der Waals surface area contributed by atoms with Crippen molar-refractivity contribution in [1.82, 2.24) is 5.32 Å². The lowest BCUT2D eigenvalue weighted by atomic mass is 9.92. The number of hydrogen-bond donors (Lipinski definition) is 1. The molecule has 15 heavy (non-hydrogen) atoms. The lowest BCUT2D eigenvalue weighted by Crippen LogP contribution is -2.37. The molecule has 2 rings (SSSR count). The molecule has 2 heterocycles. The fourth-order valence-corrected chi connectivity index (χ4v) is 3.35. The van der Waals surface area contributed by atoms with E-state index in [1.54, 1.807) is 11.3 Å². The summed E-state index contributed by atoms with van der Waals surface area (Å²) < 4.78 is 0.912. The molecule has 84 valence electrons. The predicted octanol–water partition coefficient (Wildman–Crippen LogP) is 3.72. The van der Waals surface area contributed by atoms with Crippen LogP contribution >= 0.6 is 22.9 Å². The van der Waals surface area contributed by atoms with Crippen molar-refractivity contribution >= 4 is 22.9 Å². The minimum atomic E-state index is 0.717. The number of rotatable bonds is 3. The maximum absolute atomic E-state index is 5.91. The lowest BCUT2D eigenvalue weighted by molar-refractivity contribution is 0.308. The summed E-state index contributed by atoms with van der Waals surface area (Å²) in [5.41, 5.74) is 0. The first-order valence-corrected chi connectivity index (χ1v) is 6.91. The van der Waals surface area contributed by atoms with Crippen LogP contribution in [0.3, 0.4) is 0 Å². The van der Waals surface area contributed by atoms with Gasteiger partial charge >= 0.3 is 0 Å². The molecule has 1 saturated heterocycles. The normalized spacial score (nSPS) is 26.8. The first kappa shape index (κ1) is 11.4. The molecule has 0 aromatic carbocycles. The van der Waals surface area contributed by atoms with Crippen molar-refractivity contribution in [3.8, 4) is 0 Å². The standard InChI is InChI=1S/C12H18ClNS/c1-9-6-7-14-10(8-9)2-3-11-4-5-12(13)15-11/h4-5,9-10,14H,2-3,6-8H2,1H3. The molecule has 0 radical (unpaired) electrons. The molecule has 3 heteroatoms. The predicted molar refractivity (Wildman–Crippen MR) is 67.8 cm³/mol. The molecule has 1 fully saturated rings. The van der Waals surface area contributed by atoms with Gasteiger partial charge in [-0.25, -0.2) is 0 Å². The molecule has 1 aromatic heterocycles. The Bertz CT molecular complexity index is 310. The third-order valence-corrected chi connectivity index (χ3v) is 4.42. The van der Waals surface area contributed by atoms with Gasteiger partial charge in [-0.2, -0.15) is 0 Å². The van der Waals surface area contributed by atoms with Gasteiger partial charge in [0.25, 0.3) is 0 Å². The lowest BCUT2D eigenvalue weighted by Gasteiger charge is -2.28. The molecule has 1 aliphatic heterocycles. The van der Waals surface area contributed by atoms with Crippen molar-refractivity contribution in [2.75, 3.05) is 6.54 Å². The maximum atomic E-state index is 5.91. The Morgan fingerprint density at radius 3 is 3.07 bits per heavy atom. The highest BCUT2D eigenvalue weighted by molar-refractivity contribution is 7.16. The zero-order chi connectivity index (χ0) is 10.7. The molecule has 1 aromatic rings. The number of halogens is 1. The smallest absolute Gasteiger partial charge is 0.0931 e. The van der Waals surface area contributed by atoms with Gasteiger partial charge in [0.15, 0.2) is 0 Å². The molecule has 2 atom stereocenters. The van der Waals surface area contributed by atoms with E-state index in [-0.39, 0.29) is 0 Å². The molecular formula is C12H18ClNS. The zero-order valence-electron chi connectivity index (χ0n) is 9.13. The summed E-state index contributed by atoms with van der Waals surface area (Å²) in [6, 6.07) is 4.87. The molecule has 0 bridgehead atoms. The molecule has 0 saturated carbocycles. The fraction of sp³-hybridized carbons (Fsp3) is 0.667. The highest BCUT2D eigenvalue weighted by Gasteiger charge is 2.17. The summed E-state index contributed by atoms with van der Waals surface area (Å²) in [7, 11) is 0. The molecule has 2 unspecified atom stereocenters.